The van der Waals surface area contributed by atoms with E-state index in [1.807, 2.05) is 0 Å². The van der Waals surface area contributed by atoms with Crippen LogP contribution in [0.1, 0.15) is 13.8 Å². The average Bonchev–Trinajstić information content (AvgIpc) is 2.09. The number of aliphatic hydroxyl groups is 2. The van der Waals surface area contributed by atoms with E-state index < -0.39 is 0 Å². The molecule has 0 radical (unpaired) electrons. The van der Waals surface area contributed by atoms with Gasteiger partial charge >= 0.3 is 6.03 Å². The van der Waals surface area contributed by atoms with Crippen molar-refractivity contribution in [2.45, 2.75) is 13.8 Å². The van der Waals surface area contributed by atoms with Crippen molar-refractivity contribution in [1.29, 1.82) is 0 Å². The summed E-state index contributed by atoms with van der Waals surface area (Å²) in [5, 5.41) is 17.5. The first-order valence-corrected chi connectivity index (χ1v) is 3.96. The minimum absolute atomic E-state index is 0.314. The van der Waals surface area contributed by atoms with E-state index in [9.17, 15) is 4.79 Å². The summed E-state index contributed by atoms with van der Waals surface area (Å²) in [5.41, 5.74) is 0. The molecule has 0 fully saturated rings. The van der Waals surface area contributed by atoms with Crippen LogP contribution in [0.5, 0.6) is 0 Å². The SMILES string of the molecule is CCN(CO)C(=O)N(CC)CO. The van der Waals surface area contributed by atoms with Crippen LogP contribution in [-0.4, -0.2) is 52.6 Å². The van der Waals surface area contributed by atoms with Gasteiger partial charge in [-0.05, 0) is 13.8 Å². The monoisotopic (exact) mass is 176 g/mol. The molecule has 0 atom stereocenters. The normalized spacial score (nSPS) is 9.67. The van der Waals surface area contributed by atoms with Crippen LogP contribution in [0, 0.1) is 0 Å². The maximum atomic E-state index is 11.3. The molecule has 5 nitrogen and oxygen atoms in total. The van der Waals surface area contributed by atoms with E-state index >= 15 is 0 Å². The number of hydrogen-bond donors (Lipinski definition) is 2. The quantitative estimate of drug-likeness (QED) is 0.575. The molecule has 0 aliphatic heterocycles. The van der Waals surface area contributed by atoms with Gasteiger partial charge in [-0.3, -0.25) is 0 Å². The second-order valence-electron chi connectivity index (χ2n) is 2.28. The molecule has 0 aliphatic rings. The first kappa shape index (κ1) is 11.2. The molecule has 0 rings (SSSR count). The number of carbonyl (C=O) groups is 1. The predicted octanol–water partition coefficient (Wildman–Crippen LogP) is -0.350. The Morgan fingerprint density at radius 1 is 1.08 bits per heavy atom. The summed E-state index contributed by atoms with van der Waals surface area (Å²) in [6, 6.07) is -0.343. The second-order valence-corrected chi connectivity index (χ2v) is 2.28. The van der Waals surface area contributed by atoms with Crippen molar-refractivity contribution < 1.29 is 15.0 Å². The maximum absolute atomic E-state index is 11.3. The van der Waals surface area contributed by atoms with Crippen molar-refractivity contribution in [2.75, 3.05) is 26.6 Å². The van der Waals surface area contributed by atoms with Gasteiger partial charge in [0.15, 0.2) is 0 Å². The van der Waals surface area contributed by atoms with Gasteiger partial charge in [0.1, 0.15) is 13.5 Å². The Morgan fingerprint density at radius 3 is 1.58 bits per heavy atom. The Kier molecular flexibility index (Phi) is 5.40. The average molecular weight is 176 g/mol. The highest BCUT2D eigenvalue weighted by Gasteiger charge is 2.15. The molecule has 72 valence electrons. The zero-order valence-electron chi connectivity index (χ0n) is 7.53. The van der Waals surface area contributed by atoms with Gasteiger partial charge in [0, 0.05) is 13.1 Å². The molecular formula is C7H16N2O3. The molecule has 0 aromatic heterocycles. The van der Waals surface area contributed by atoms with Crippen molar-refractivity contribution in [3.63, 3.8) is 0 Å². The summed E-state index contributed by atoms with van der Waals surface area (Å²) < 4.78 is 0. The highest BCUT2D eigenvalue weighted by molar-refractivity contribution is 5.74. The molecule has 0 saturated carbocycles. The third-order valence-corrected chi connectivity index (χ3v) is 1.65. The molecule has 0 heterocycles. The van der Waals surface area contributed by atoms with Crippen LogP contribution in [0.3, 0.4) is 0 Å². The van der Waals surface area contributed by atoms with E-state index in [1.54, 1.807) is 13.8 Å². The van der Waals surface area contributed by atoms with Gasteiger partial charge in [-0.1, -0.05) is 0 Å². The number of amides is 2. The molecule has 2 N–H and O–H groups in total. The molecule has 12 heavy (non-hydrogen) atoms. The topological polar surface area (TPSA) is 64.0 Å². The summed E-state index contributed by atoms with van der Waals surface area (Å²) in [4.78, 5) is 13.8. The second kappa shape index (κ2) is 5.79. The van der Waals surface area contributed by atoms with Crippen molar-refractivity contribution in [1.82, 2.24) is 9.80 Å². The molecule has 0 aliphatic carbocycles. The lowest BCUT2D eigenvalue weighted by Gasteiger charge is -2.25. The number of aliphatic hydroxyl groups excluding tert-OH is 2. The van der Waals surface area contributed by atoms with Gasteiger partial charge in [-0.2, -0.15) is 0 Å². The number of rotatable bonds is 4. The van der Waals surface area contributed by atoms with E-state index in [1.165, 1.54) is 9.80 Å². The fourth-order valence-electron chi connectivity index (χ4n) is 0.792. The van der Waals surface area contributed by atoms with Crippen LogP contribution in [0.4, 0.5) is 4.79 Å². The largest absolute Gasteiger partial charge is 0.376 e. The minimum atomic E-state index is -0.343. The van der Waals surface area contributed by atoms with E-state index in [-0.39, 0.29) is 19.5 Å². The van der Waals surface area contributed by atoms with Crippen LogP contribution in [0.25, 0.3) is 0 Å². The first-order valence-electron chi connectivity index (χ1n) is 3.96. The third kappa shape index (κ3) is 2.67. The summed E-state index contributed by atoms with van der Waals surface area (Å²) in [6.45, 7) is 3.77. The predicted molar refractivity (Wildman–Crippen MR) is 44.3 cm³/mol. The van der Waals surface area contributed by atoms with Crippen LogP contribution in [0.2, 0.25) is 0 Å². The summed E-state index contributed by atoms with van der Waals surface area (Å²) >= 11 is 0. The number of nitrogens with zero attached hydrogens (tertiary/aromatic N) is 2. The lowest BCUT2D eigenvalue weighted by molar-refractivity contribution is 0.0710. The Morgan fingerprint density at radius 2 is 1.42 bits per heavy atom. The molecule has 5 heteroatoms. The Bertz CT molecular complexity index is 119. The number of hydrogen-bond acceptors (Lipinski definition) is 3. The van der Waals surface area contributed by atoms with E-state index in [0.29, 0.717) is 13.1 Å². The Hall–Kier alpha value is -0.810. The lowest BCUT2D eigenvalue weighted by Crippen LogP contribution is -2.43. The number of urea groups is 1. The first-order chi connectivity index (χ1) is 5.71. The standard InChI is InChI=1S/C7H16N2O3/c1-3-8(5-10)7(12)9(4-2)6-11/h10-11H,3-6H2,1-2H3. The van der Waals surface area contributed by atoms with Gasteiger partial charge in [-0.15, -0.1) is 0 Å². The Balaban J connectivity index is 4.12. The van der Waals surface area contributed by atoms with Crippen molar-refractivity contribution in [3.8, 4) is 0 Å². The summed E-state index contributed by atoms with van der Waals surface area (Å²) in [7, 11) is 0. The van der Waals surface area contributed by atoms with Crippen molar-refractivity contribution in [3.05, 3.63) is 0 Å². The highest BCUT2D eigenvalue weighted by atomic mass is 16.3. The van der Waals surface area contributed by atoms with Crippen LogP contribution >= 0.6 is 0 Å². The fraction of sp³-hybridized carbons (Fsp3) is 0.857. The summed E-state index contributed by atoms with van der Waals surface area (Å²) in [6.07, 6.45) is 0. The molecule has 0 unspecified atom stereocenters. The lowest BCUT2D eigenvalue weighted by atomic mass is 10.5. The van der Waals surface area contributed by atoms with Gasteiger partial charge < -0.3 is 20.0 Å². The molecule has 0 bridgehead atoms. The molecule has 0 aromatic rings. The fourth-order valence-corrected chi connectivity index (χ4v) is 0.792. The van der Waals surface area contributed by atoms with Gasteiger partial charge in [0.2, 0.25) is 0 Å². The van der Waals surface area contributed by atoms with Gasteiger partial charge in [0.25, 0.3) is 0 Å². The smallest absolute Gasteiger partial charge is 0.323 e. The van der Waals surface area contributed by atoms with E-state index in [0.717, 1.165) is 0 Å². The molecule has 2 amide bonds. The highest BCUT2D eigenvalue weighted by Crippen LogP contribution is 1.96. The third-order valence-electron chi connectivity index (χ3n) is 1.65. The van der Waals surface area contributed by atoms with E-state index in [4.69, 9.17) is 10.2 Å². The van der Waals surface area contributed by atoms with Gasteiger partial charge in [-0.25, -0.2) is 4.79 Å². The molecule has 0 aromatic carbocycles. The van der Waals surface area contributed by atoms with E-state index in [2.05, 4.69) is 0 Å². The van der Waals surface area contributed by atoms with Crippen LogP contribution < -0.4 is 0 Å². The summed E-state index contributed by atoms with van der Waals surface area (Å²) in [5.74, 6) is 0. The zero-order chi connectivity index (χ0) is 9.56. The molecule has 0 saturated heterocycles. The van der Waals surface area contributed by atoms with Gasteiger partial charge in [0.05, 0.1) is 0 Å². The molecular weight excluding hydrogens is 160 g/mol. The van der Waals surface area contributed by atoms with Crippen LogP contribution in [-0.2, 0) is 0 Å². The molecule has 0 spiro atoms. The van der Waals surface area contributed by atoms with Crippen LogP contribution in [0.15, 0.2) is 0 Å². The van der Waals surface area contributed by atoms with Crippen molar-refractivity contribution >= 4 is 6.03 Å². The number of carbonyl (C=O) groups excluding carboxylic acids is 1. The maximum Gasteiger partial charge on any atom is 0.323 e. The Labute approximate surface area is 72.2 Å². The minimum Gasteiger partial charge on any atom is -0.376 e. The van der Waals surface area contributed by atoms with Crippen molar-refractivity contribution in [2.24, 2.45) is 0 Å². The zero-order valence-corrected chi connectivity index (χ0v) is 7.53.